The van der Waals surface area contributed by atoms with Gasteiger partial charge in [0, 0.05) is 19.6 Å². The smallest absolute Gasteiger partial charge is 0.227 e. The van der Waals surface area contributed by atoms with Crippen molar-refractivity contribution in [2.75, 3.05) is 19.6 Å². The lowest BCUT2D eigenvalue weighted by Crippen LogP contribution is -2.26. The molecule has 3 aromatic heterocycles. The fourth-order valence-corrected chi connectivity index (χ4v) is 6.83. The molecule has 0 atom stereocenters. The van der Waals surface area contributed by atoms with E-state index in [1.807, 2.05) is 0 Å². The Labute approximate surface area is 384 Å². The Morgan fingerprint density at radius 2 is 0.562 bits per heavy atom. The Balaban J connectivity index is 0.000000481. The van der Waals surface area contributed by atoms with Gasteiger partial charge in [0.15, 0.2) is 17.3 Å². The molecule has 12 nitrogen and oxygen atoms in total. The normalized spacial score (nSPS) is 10.5. The van der Waals surface area contributed by atoms with Crippen molar-refractivity contribution in [1.82, 2.24) is 16.0 Å². The summed E-state index contributed by atoms with van der Waals surface area (Å²) in [6.07, 6.45) is 35.0. The first-order valence-corrected chi connectivity index (χ1v) is 24.7. The number of Topliss-reactive ketones (excluding diaryl/α,β-unsaturated/α-hetero) is 3. The highest BCUT2D eigenvalue weighted by molar-refractivity contribution is 6.06. The Morgan fingerprint density at radius 1 is 0.344 bits per heavy atom. The highest BCUT2D eigenvalue weighted by atomic mass is 16.3. The quantitative estimate of drug-likeness (QED) is 0.0289. The zero-order valence-corrected chi connectivity index (χ0v) is 39.8. The molecule has 360 valence electrons. The van der Waals surface area contributed by atoms with E-state index in [4.69, 9.17) is 13.3 Å². The molecule has 12 heteroatoms. The maximum Gasteiger partial charge on any atom is 0.227 e. The van der Waals surface area contributed by atoms with Gasteiger partial charge in [0.05, 0.1) is 38.1 Å². The molecule has 0 saturated carbocycles. The number of unbranched alkanes of at least 4 members (excludes halogenated alkanes) is 22. The second kappa shape index (κ2) is 41.0. The van der Waals surface area contributed by atoms with Gasteiger partial charge in [-0.3, -0.25) is 28.8 Å². The molecule has 3 rings (SSSR count). The van der Waals surface area contributed by atoms with Crippen LogP contribution in [0.5, 0.6) is 0 Å². The Kier molecular flexibility index (Phi) is 36.7. The summed E-state index contributed by atoms with van der Waals surface area (Å²) in [6, 6.07) is 9.67. The molecule has 3 heterocycles. The average molecular weight is 894 g/mol. The standard InChI is InChI=1S/C19H31NO3.C17H27NO3.C16H25NO3/c1-2-3-4-5-6-7-8-9-10-11-14-20-19(22)16-17(21)18-13-12-15-23-18;1-2-3-4-5-6-7-8-9-12-18-17(20)14-15(19)16-11-10-13-21-16;1-2-3-4-5-6-7-8-11-17-16(19)13-14(18)15-10-9-12-20-15/h12-13,15H,2-11,14,16H2,1H3,(H,20,22);10-11,13H,2-9,12,14H2,1H3,(H,18,20);9-10,12H,2-8,11,13H2,1H3,(H,17,19). The molecule has 0 saturated heterocycles. The molecule has 64 heavy (non-hydrogen) atoms. The number of hydrogen-bond donors (Lipinski definition) is 3. The summed E-state index contributed by atoms with van der Waals surface area (Å²) in [5, 5.41) is 8.36. The number of furan rings is 3. The van der Waals surface area contributed by atoms with Crippen molar-refractivity contribution >= 4 is 35.1 Å². The van der Waals surface area contributed by atoms with E-state index >= 15 is 0 Å². The van der Waals surface area contributed by atoms with Gasteiger partial charge in [-0.2, -0.15) is 0 Å². The second-order valence-corrected chi connectivity index (χ2v) is 16.6. The van der Waals surface area contributed by atoms with E-state index in [2.05, 4.69) is 36.7 Å². The molecular weight excluding hydrogens is 811 g/mol. The molecule has 0 aliphatic rings. The molecule has 0 fully saturated rings. The summed E-state index contributed by atoms with van der Waals surface area (Å²) in [7, 11) is 0. The van der Waals surface area contributed by atoms with Crippen molar-refractivity contribution in [3.8, 4) is 0 Å². The van der Waals surface area contributed by atoms with Gasteiger partial charge in [0.1, 0.15) is 0 Å². The lowest BCUT2D eigenvalue weighted by atomic mass is 10.1. The molecule has 0 unspecified atom stereocenters. The predicted octanol–water partition coefficient (Wildman–Crippen LogP) is 12.7. The molecule has 0 aliphatic carbocycles. The van der Waals surface area contributed by atoms with Gasteiger partial charge >= 0.3 is 0 Å². The zero-order chi connectivity index (χ0) is 46.7. The third-order valence-corrected chi connectivity index (χ3v) is 10.7. The number of carbonyl (C=O) groups is 6. The van der Waals surface area contributed by atoms with E-state index in [9.17, 15) is 28.8 Å². The van der Waals surface area contributed by atoms with Crippen LogP contribution in [0.25, 0.3) is 0 Å². The summed E-state index contributed by atoms with van der Waals surface area (Å²) in [4.78, 5) is 69.6. The van der Waals surface area contributed by atoms with Crippen LogP contribution >= 0.6 is 0 Å². The lowest BCUT2D eigenvalue weighted by molar-refractivity contribution is -0.121. The fourth-order valence-electron chi connectivity index (χ4n) is 6.83. The topological polar surface area (TPSA) is 178 Å². The van der Waals surface area contributed by atoms with Crippen molar-refractivity contribution < 1.29 is 42.0 Å². The summed E-state index contributed by atoms with van der Waals surface area (Å²) in [5.41, 5.74) is 0. The Hall–Kier alpha value is -4.74. The Morgan fingerprint density at radius 3 is 0.766 bits per heavy atom. The summed E-state index contributed by atoms with van der Waals surface area (Å²) in [6.45, 7) is 8.63. The van der Waals surface area contributed by atoms with Crippen molar-refractivity contribution in [3.05, 3.63) is 72.5 Å². The van der Waals surface area contributed by atoms with Crippen LogP contribution in [-0.4, -0.2) is 54.7 Å². The van der Waals surface area contributed by atoms with Crippen LogP contribution < -0.4 is 16.0 Å². The number of hydrogen-bond acceptors (Lipinski definition) is 9. The van der Waals surface area contributed by atoms with Crippen LogP contribution in [-0.2, 0) is 14.4 Å². The number of carbonyl (C=O) groups excluding carboxylic acids is 6. The van der Waals surface area contributed by atoms with Gasteiger partial charge in [-0.05, 0) is 55.7 Å². The van der Waals surface area contributed by atoms with Gasteiger partial charge in [0.25, 0.3) is 0 Å². The van der Waals surface area contributed by atoms with Crippen molar-refractivity contribution in [1.29, 1.82) is 0 Å². The molecule has 0 radical (unpaired) electrons. The van der Waals surface area contributed by atoms with Crippen LogP contribution in [0.15, 0.2) is 68.4 Å². The van der Waals surface area contributed by atoms with Crippen LogP contribution in [0.1, 0.15) is 232 Å². The van der Waals surface area contributed by atoms with Crippen molar-refractivity contribution in [2.24, 2.45) is 0 Å². The minimum atomic E-state index is -0.271. The van der Waals surface area contributed by atoms with Crippen molar-refractivity contribution in [2.45, 2.75) is 201 Å². The first-order valence-electron chi connectivity index (χ1n) is 24.7. The maximum absolute atomic E-state index is 11.7. The number of ketones is 3. The minimum absolute atomic E-state index is 0.134. The number of amides is 3. The fraction of sp³-hybridized carbons (Fsp3) is 0.654. The lowest BCUT2D eigenvalue weighted by Gasteiger charge is -2.04. The first-order chi connectivity index (χ1) is 31.2. The van der Waals surface area contributed by atoms with E-state index in [0.717, 1.165) is 38.5 Å². The molecule has 0 bridgehead atoms. The minimum Gasteiger partial charge on any atom is -0.461 e. The molecule has 0 aromatic carbocycles. The van der Waals surface area contributed by atoms with Crippen LogP contribution in [0.4, 0.5) is 0 Å². The maximum atomic E-state index is 11.7. The van der Waals surface area contributed by atoms with E-state index in [-0.39, 0.29) is 71.6 Å². The monoisotopic (exact) mass is 894 g/mol. The average Bonchev–Trinajstić information content (AvgIpc) is 4.12. The van der Waals surface area contributed by atoms with Gasteiger partial charge in [-0.15, -0.1) is 0 Å². The molecular formula is C52H83N3O9. The molecule has 3 N–H and O–H groups in total. The highest BCUT2D eigenvalue weighted by Gasteiger charge is 2.15. The molecule has 0 aliphatic heterocycles. The van der Waals surface area contributed by atoms with Gasteiger partial charge in [-0.25, -0.2) is 0 Å². The second-order valence-electron chi connectivity index (χ2n) is 16.6. The van der Waals surface area contributed by atoms with Crippen LogP contribution in [0.2, 0.25) is 0 Å². The van der Waals surface area contributed by atoms with E-state index < -0.39 is 0 Å². The summed E-state index contributed by atoms with van der Waals surface area (Å²) < 4.78 is 14.9. The van der Waals surface area contributed by atoms with Gasteiger partial charge in [0.2, 0.25) is 35.1 Å². The first kappa shape index (κ1) is 57.3. The molecule has 3 amide bonds. The third-order valence-electron chi connectivity index (χ3n) is 10.7. The molecule has 0 spiro atoms. The summed E-state index contributed by atoms with van der Waals surface area (Å²) in [5.74, 6) is -0.734. The van der Waals surface area contributed by atoms with E-state index in [0.29, 0.717) is 19.6 Å². The van der Waals surface area contributed by atoms with E-state index in [1.54, 1.807) is 36.4 Å². The SMILES string of the molecule is CCCCCCCCCCCCNC(=O)CC(=O)c1ccco1.CCCCCCCCCCNC(=O)CC(=O)c1ccco1.CCCCCCCCCNC(=O)CC(=O)c1ccco1. The van der Waals surface area contributed by atoms with Crippen molar-refractivity contribution in [3.63, 3.8) is 0 Å². The van der Waals surface area contributed by atoms with E-state index in [1.165, 1.54) is 141 Å². The number of nitrogens with one attached hydrogen (secondary N) is 3. The van der Waals surface area contributed by atoms with Gasteiger partial charge < -0.3 is 29.2 Å². The predicted molar refractivity (Wildman–Crippen MR) is 254 cm³/mol. The largest absolute Gasteiger partial charge is 0.461 e. The Bertz CT molecular complexity index is 1580. The van der Waals surface area contributed by atoms with Crippen LogP contribution in [0, 0.1) is 0 Å². The number of rotatable bonds is 37. The molecule has 3 aromatic rings. The highest BCUT2D eigenvalue weighted by Crippen LogP contribution is 2.12. The zero-order valence-electron chi connectivity index (χ0n) is 39.8. The van der Waals surface area contributed by atoms with Gasteiger partial charge in [-0.1, -0.05) is 162 Å². The van der Waals surface area contributed by atoms with Crippen LogP contribution in [0.3, 0.4) is 0 Å². The summed E-state index contributed by atoms with van der Waals surface area (Å²) >= 11 is 0. The third kappa shape index (κ3) is 32.9.